The van der Waals surface area contributed by atoms with E-state index in [-0.39, 0.29) is 23.4 Å². The van der Waals surface area contributed by atoms with Crippen LogP contribution in [-0.4, -0.2) is 34.0 Å². The highest BCUT2D eigenvalue weighted by Gasteiger charge is 2.28. The summed E-state index contributed by atoms with van der Waals surface area (Å²) < 4.78 is 28.2. The highest BCUT2D eigenvalue weighted by atomic mass is 32.2. The third kappa shape index (κ3) is 5.85. The number of nitrogens with zero attached hydrogens (tertiary/aromatic N) is 2. The van der Waals surface area contributed by atoms with Crippen LogP contribution in [-0.2, 0) is 14.8 Å². The zero-order valence-corrected chi connectivity index (χ0v) is 21.2. The number of carbonyl (C=O) groups excluding carboxylic acids is 1. The number of hydrogen-bond acceptors (Lipinski definition) is 4. The third-order valence-corrected chi connectivity index (χ3v) is 8.27. The fraction of sp³-hybridized carbons (Fsp3) is 0.321. The normalized spacial score (nSPS) is 14.9. The second-order valence-corrected chi connectivity index (χ2v) is 10.9. The lowest BCUT2D eigenvalue weighted by atomic mass is 10.1. The first-order valence-corrected chi connectivity index (χ1v) is 13.6. The van der Waals surface area contributed by atoms with Gasteiger partial charge >= 0.3 is 0 Å². The van der Waals surface area contributed by atoms with Gasteiger partial charge in [-0.3, -0.25) is 9.10 Å². The SMILES string of the molecule is Cc1ccccc1N(CC(=O)NC(C)c1ccc(N2CCCCC2)cc1)S(=O)(=O)c1ccccc1. The number of para-hydroxylation sites is 1. The van der Waals surface area contributed by atoms with Gasteiger partial charge in [0.25, 0.3) is 10.0 Å². The Balaban J connectivity index is 1.50. The van der Waals surface area contributed by atoms with E-state index in [1.807, 2.05) is 38.1 Å². The molecular weight excluding hydrogens is 458 g/mol. The Hall–Kier alpha value is -3.32. The van der Waals surface area contributed by atoms with Crippen molar-refractivity contribution in [2.45, 2.75) is 44.0 Å². The molecule has 3 aromatic rings. The molecule has 1 fully saturated rings. The summed E-state index contributed by atoms with van der Waals surface area (Å²) in [7, 11) is -3.92. The van der Waals surface area contributed by atoms with Crippen molar-refractivity contribution in [3.05, 3.63) is 90.0 Å². The fourth-order valence-electron chi connectivity index (χ4n) is 4.49. The van der Waals surface area contributed by atoms with E-state index in [2.05, 4.69) is 22.3 Å². The minimum atomic E-state index is -3.92. The molecule has 4 rings (SSSR count). The van der Waals surface area contributed by atoms with Gasteiger partial charge in [0.2, 0.25) is 5.91 Å². The zero-order chi connectivity index (χ0) is 24.8. The number of nitrogens with one attached hydrogen (secondary N) is 1. The van der Waals surface area contributed by atoms with Crippen molar-refractivity contribution in [3.8, 4) is 0 Å². The number of sulfonamides is 1. The number of anilines is 2. The molecular formula is C28H33N3O3S. The standard InChI is InChI=1S/C28H33N3O3S/c1-22-11-7-8-14-27(22)31(35(33,34)26-12-5-3-6-13-26)21-28(32)29-23(2)24-15-17-25(18-16-24)30-19-9-4-10-20-30/h3,5-8,11-18,23H,4,9-10,19-21H2,1-2H3,(H,29,32). The molecule has 0 aromatic heterocycles. The molecule has 1 N–H and O–H groups in total. The number of amides is 1. The molecule has 7 heteroatoms. The number of carbonyl (C=O) groups is 1. The molecule has 1 saturated heterocycles. The van der Waals surface area contributed by atoms with Crippen LogP contribution in [0.1, 0.15) is 43.4 Å². The van der Waals surface area contributed by atoms with Gasteiger partial charge in [-0.05, 0) is 74.6 Å². The van der Waals surface area contributed by atoms with Crippen molar-refractivity contribution in [1.29, 1.82) is 0 Å². The van der Waals surface area contributed by atoms with Crippen LogP contribution < -0.4 is 14.5 Å². The molecule has 1 unspecified atom stereocenters. The third-order valence-electron chi connectivity index (χ3n) is 6.49. The van der Waals surface area contributed by atoms with Crippen LogP contribution in [0.4, 0.5) is 11.4 Å². The zero-order valence-electron chi connectivity index (χ0n) is 20.4. The summed E-state index contributed by atoms with van der Waals surface area (Å²) in [4.78, 5) is 15.6. The lowest BCUT2D eigenvalue weighted by Crippen LogP contribution is -2.41. The summed E-state index contributed by atoms with van der Waals surface area (Å²) in [6, 6.07) is 23.4. The van der Waals surface area contributed by atoms with Crippen molar-refractivity contribution in [1.82, 2.24) is 5.32 Å². The minimum Gasteiger partial charge on any atom is -0.372 e. The van der Waals surface area contributed by atoms with E-state index in [1.54, 1.807) is 42.5 Å². The second kappa shape index (κ2) is 11.0. The second-order valence-electron chi connectivity index (χ2n) is 9.04. The molecule has 0 radical (unpaired) electrons. The van der Waals surface area contributed by atoms with Crippen LogP contribution in [0.5, 0.6) is 0 Å². The monoisotopic (exact) mass is 491 g/mol. The van der Waals surface area contributed by atoms with Gasteiger partial charge in [0.1, 0.15) is 6.54 Å². The smallest absolute Gasteiger partial charge is 0.264 e. The lowest BCUT2D eigenvalue weighted by molar-refractivity contribution is -0.120. The summed E-state index contributed by atoms with van der Waals surface area (Å²) in [6.45, 7) is 5.61. The predicted octanol–water partition coefficient (Wildman–Crippen LogP) is 5.06. The van der Waals surface area contributed by atoms with Crippen LogP contribution in [0.2, 0.25) is 0 Å². The van der Waals surface area contributed by atoms with Gasteiger partial charge in [-0.15, -0.1) is 0 Å². The van der Waals surface area contributed by atoms with Crippen molar-refractivity contribution in [3.63, 3.8) is 0 Å². The number of rotatable bonds is 8. The van der Waals surface area contributed by atoms with E-state index in [4.69, 9.17) is 0 Å². The number of hydrogen-bond donors (Lipinski definition) is 1. The summed E-state index contributed by atoms with van der Waals surface area (Å²) in [6.07, 6.45) is 3.73. The van der Waals surface area contributed by atoms with Crippen LogP contribution in [0.25, 0.3) is 0 Å². The Labute approximate surface area is 208 Å². The first-order chi connectivity index (χ1) is 16.9. The van der Waals surface area contributed by atoms with E-state index in [0.29, 0.717) is 5.69 Å². The topological polar surface area (TPSA) is 69.7 Å². The summed E-state index contributed by atoms with van der Waals surface area (Å²) in [5.74, 6) is -0.361. The highest BCUT2D eigenvalue weighted by Crippen LogP contribution is 2.27. The van der Waals surface area contributed by atoms with Gasteiger partial charge in [0.15, 0.2) is 0 Å². The molecule has 1 aliphatic rings. The Bertz CT molecular complexity index is 1240. The number of aryl methyl sites for hydroxylation is 1. The number of piperidine rings is 1. The van der Waals surface area contributed by atoms with Gasteiger partial charge in [-0.1, -0.05) is 48.5 Å². The van der Waals surface area contributed by atoms with Crippen LogP contribution in [0.3, 0.4) is 0 Å². The molecule has 3 aromatic carbocycles. The maximum Gasteiger partial charge on any atom is 0.264 e. The number of benzene rings is 3. The summed E-state index contributed by atoms with van der Waals surface area (Å²) in [5.41, 5.74) is 3.45. The van der Waals surface area contributed by atoms with Gasteiger partial charge < -0.3 is 10.2 Å². The van der Waals surface area contributed by atoms with E-state index in [0.717, 1.165) is 24.2 Å². The van der Waals surface area contributed by atoms with Gasteiger partial charge in [-0.2, -0.15) is 0 Å². The van der Waals surface area contributed by atoms with E-state index in [1.165, 1.54) is 29.3 Å². The molecule has 1 atom stereocenters. The molecule has 0 spiro atoms. The first-order valence-electron chi connectivity index (χ1n) is 12.1. The average Bonchev–Trinajstić information content (AvgIpc) is 2.89. The van der Waals surface area contributed by atoms with E-state index >= 15 is 0 Å². The van der Waals surface area contributed by atoms with Gasteiger partial charge in [0.05, 0.1) is 16.6 Å². The summed E-state index contributed by atoms with van der Waals surface area (Å²) in [5, 5.41) is 2.98. The molecule has 0 aliphatic carbocycles. The van der Waals surface area contributed by atoms with Gasteiger partial charge in [0, 0.05) is 18.8 Å². The van der Waals surface area contributed by atoms with Crippen molar-refractivity contribution >= 4 is 27.3 Å². The van der Waals surface area contributed by atoms with Crippen molar-refractivity contribution < 1.29 is 13.2 Å². The van der Waals surface area contributed by atoms with Crippen molar-refractivity contribution in [2.24, 2.45) is 0 Å². The predicted molar refractivity (Wildman–Crippen MR) is 141 cm³/mol. The van der Waals surface area contributed by atoms with Crippen molar-refractivity contribution in [2.75, 3.05) is 28.8 Å². The Morgan fingerprint density at radius 3 is 2.20 bits per heavy atom. The molecule has 1 amide bonds. The summed E-state index contributed by atoms with van der Waals surface area (Å²) >= 11 is 0. The lowest BCUT2D eigenvalue weighted by Gasteiger charge is -2.29. The van der Waals surface area contributed by atoms with Gasteiger partial charge in [-0.25, -0.2) is 8.42 Å². The highest BCUT2D eigenvalue weighted by molar-refractivity contribution is 7.92. The van der Waals surface area contributed by atoms with Crippen LogP contribution in [0.15, 0.2) is 83.8 Å². The van der Waals surface area contributed by atoms with E-state index < -0.39 is 10.0 Å². The maximum atomic E-state index is 13.5. The molecule has 6 nitrogen and oxygen atoms in total. The Kier molecular flexibility index (Phi) is 7.76. The molecule has 0 saturated carbocycles. The maximum absolute atomic E-state index is 13.5. The van der Waals surface area contributed by atoms with Crippen LogP contribution in [0, 0.1) is 6.92 Å². The average molecular weight is 492 g/mol. The molecule has 1 heterocycles. The Morgan fingerprint density at radius 1 is 0.914 bits per heavy atom. The molecule has 184 valence electrons. The van der Waals surface area contributed by atoms with Crippen LogP contribution >= 0.6 is 0 Å². The Morgan fingerprint density at radius 2 is 1.54 bits per heavy atom. The molecule has 0 bridgehead atoms. The largest absolute Gasteiger partial charge is 0.372 e. The molecule has 35 heavy (non-hydrogen) atoms. The fourth-order valence-corrected chi connectivity index (χ4v) is 6.00. The first kappa shape index (κ1) is 24.8. The van der Waals surface area contributed by atoms with E-state index in [9.17, 15) is 13.2 Å². The molecule has 1 aliphatic heterocycles. The minimum absolute atomic E-state index is 0.150. The quantitative estimate of drug-likeness (QED) is 0.478.